The van der Waals surface area contributed by atoms with Gasteiger partial charge in [0.25, 0.3) is 0 Å². The molecule has 0 heterocycles. The van der Waals surface area contributed by atoms with Gasteiger partial charge in [0, 0.05) is 5.02 Å². The summed E-state index contributed by atoms with van der Waals surface area (Å²) in [6, 6.07) is 3.68. The zero-order chi connectivity index (χ0) is 9.84. The van der Waals surface area contributed by atoms with Gasteiger partial charge in [-0.2, -0.15) is 0 Å². The van der Waals surface area contributed by atoms with Gasteiger partial charge >= 0.3 is 0 Å². The van der Waals surface area contributed by atoms with E-state index in [2.05, 4.69) is 6.92 Å². The van der Waals surface area contributed by atoms with Crippen LogP contribution in [-0.4, -0.2) is 5.11 Å². The minimum Gasteiger partial charge on any atom is -0.507 e. The Morgan fingerprint density at radius 1 is 1.23 bits per heavy atom. The number of halogens is 1. The summed E-state index contributed by atoms with van der Waals surface area (Å²) in [5, 5.41) is 10.5. The largest absolute Gasteiger partial charge is 0.507 e. The van der Waals surface area contributed by atoms with Crippen molar-refractivity contribution in [1.82, 2.24) is 0 Å². The highest BCUT2D eigenvalue weighted by atomic mass is 35.5. The zero-order valence-corrected chi connectivity index (χ0v) is 8.86. The fourth-order valence-corrected chi connectivity index (χ4v) is 1.71. The van der Waals surface area contributed by atoms with Crippen molar-refractivity contribution in [2.75, 3.05) is 0 Å². The molecule has 0 bridgehead atoms. The van der Waals surface area contributed by atoms with Gasteiger partial charge < -0.3 is 5.11 Å². The summed E-state index contributed by atoms with van der Waals surface area (Å²) in [6.45, 7) is 4.10. The lowest BCUT2D eigenvalue weighted by Gasteiger charge is -2.08. The molecule has 1 aromatic carbocycles. The molecule has 2 heteroatoms. The van der Waals surface area contributed by atoms with Gasteiger partial charge in [-0.3, -0.25) is 0 Å². The Hall–Kier alpha value is -0.690. The minimum absolute atomic E-state index is 0.425. The highest BCUT2D eigenvalue weighted by Crippen LogP contribution is 2.28. The van der Waals surface area contributed by atoms with E-state index in [4.69, 9.17) is 11.6 Å². The van der Waals surface area contributed by atoms with Crippen molar-refractivity contribution in [2.45, 2.75) is 33.1 Å². The van der Waals surface area contributed by atoms with Crippen molar-refractivity contribution in [3.05, 3.63) is 28.3 Å². The predicted molar refractivity (Wildman–Crippen MR) is 56.5 cm³/mol. The maximum atomic E-state index is 9.79. The Bertz CT molecular complexity index is 294. The van der Waals surface area contributed by atoms with Crippen molar-refractivity contribution in [2.24, 2.45) is 0 Å². The van der Waals surface area contributed by atoms with E-state index in [-0.39, 0.29) is 0 Å². The molecule has 0 fully saturated rings. The number of hydrogen-bond donors (Lipinski definition) is 1. The van der Waals surface area contributed by atoms with E-state index in [9.17, 15) is 5.11 Å². The number of aryl methyl sites for hydroxylation is 2. The summed E-state index contributed by atoms with van der Waals surface area (Å²) < 4.78 is 0. The van der Waals surface area contributed by atoms with Crippen molar-refractivity contribution < 1.29 is 5.11 Å². The Kier molecular flexibility index (Phi) is 3.61. The fourth-order valence-electron chi connectivity index (χ4n) is 1.45. The number of aromatic hydroxyl groups is 1. The summed E-state index contributed by atoms with van der Waals surface area (Å²) in [7, 11) is 0. The van der Waals surface area contributed by atoms with E-state index < -0.39 is 0 Å². The standard InChI is InChI=1S/C11H15ClO/c1-3-5-9-7-10(12)6-8(4-2)11(9)13/h6-7,13H,3-5H2,1-2H3. The molecule has 72 valence electrons. The van der Waals surface area contributed by atoms with E-state index >= 15 is 0 Å². The molecule has 0 aromatic heterocycles. The second kappa shape index (κ2) is 4.52. The van der Waals surface area contributed by atoms with Crippen LogP contribution in [0.3, 0.4) is 0 Å². The normalized spacial score (nSPS) is 10.4. The third kappa shape index (κ3) is 2.38. The second-order valence-corrected chi connectivity index (χ2v) is 3.61. The van der Waals surface area contributed by atoms with Crippen LogP contribution in [0.5, 0.6) is 5.75 Å². The summed E-state index contributed by atoms with van der Waals surface area (Å²) in [5.41, 5.74) is 1.91. The lowest BCUT2D eigenvalue weighted by Crippen LogP contribution is -1.90. The van der Waals surface area contributed by atoms with E-state index in [1.165, 1.54) is 0 Å². The zero-order valence-electron chi connectivity index (χ0n) is 8.10. The number of benzene rings is 1. The first-order valence-electron chi connectivity index (χ1n) is 4.69. The molecule has 0 aliphatic heterocycles. The molecule has 0 spiro atoms. The molecule has 0 atom stereocenters. The molecule has 0 radical (unpaired) electrons. The van der Waals surface area contributed by atoms with Gasteiger partial charge in [-0.05, 0) is 36.1 Å². The Morgan fingerprint density at radius 3 is 2.38 bits per heavy atom. The quantitative estimate of drug-likeness (QED) is 0.788. The number of phenolic OH excluding ortho intramolecular Hbond substituents is 1. The molecule has 1 nitrogen and oxygen atoms in total. The van der Waals surface area contributed by atoms with Crippen molar-refractivity contribution >= 4 is 11.6 Å². The lowest BCUT2D eigenvalue weighted by atomic mass is 10.0. The summed E-state index contributed by atoms with van der Waals surface area (Å²) in [5.74, 6) is 0.425. The van der Waals surface area contributed by atoms with Gasteiger partial charge in [0.15, 0.2) is 0 Å². The molecular weight excluding hydrogens is 184 g/mol. The van der Waals surface area contributed by atoms with Crippen LogP contribution >= 0.6 is 11.6 Å². The lowest BCUT2D eigenvalue weighted by molar-refractivity contribution is 0.461. The van der Waals surface area contributed by atoms with Crippen molar-refractivity contribution in [3.63, 3.8) is 0 Å². The van der Waals surface area contributed by atoms with Crippen molar-refractivity contribution in [3.8, 4) is 5.75 Å². The molecular formula is C11H15ClO. The molecule has 0 aliphatic rings. The van der Waals surface area contributed by atoms with Gasteiger partial charge in [-0.15, -0.1) is 0 Å². The minimum atomic E-state index is 0.425. The number of rotatable bonds is 3. The summed E-state index contributed by atoms with van der Waals surface area (Å²) in [6.07, 6.45) is 2.74. The van der Waals surface area contributed by atoms with Crippen LogP contribution < -0.4 is 0 Å². The highest BCUT2D eigenvalue weighted by molar-refractivity contribution is 6.30. The average molecular weight is 199 g/mol. The topological polar surface area (TPSA) is 20.2 Å². The van der Waals surface area contributed by atoms with E-state index in [1.807, 2.05) is 19.1 Å². The Balaban J connectivity index is 3.11. The summed E-state index contributed by atoms with van der Waals surface area (Å²) in [4.78, 5) is 0. The van der Waals surface area contributed by atoms with Crippen LogP contribution in [0.25, 0.3) is 0 Å². The predicted octanol–water partition coefficient (Wildman–Crippen LogP) is 3.56. The third-order valence-electron chi connectivity index (χ3n) is 2.13. The van der Waals surface area contributed by atoms with Crippen molar-refractivity contribution in [1.29, 1.82) is 0 Å². The van der Waals surface area contributed by atoms with Crippen LogP contribution in [0.15, 0.2) is 12.1 Å². The fraction of sp³-hybridized carbons (Fsp3) is 0.455. The Labute approximate surface area is 84.4 Å². The molecule has 1 aromatic rings. The smallest absolute Gasteiger partial charge is 0.122 e. The highest BCUT2D eigenvalue weighted by Gasteiger charge is 2.06. The van der Waals surface area contributed by atoms with Crippen LogP contribution in [0.4, 0.5) is 0 Å². The van der Waals surface area contributed by atoms with Gasteiger partial charge in [-0.25, -0.2) is 0 Å². The van der Waals surface area contributed by atoms with Gasteiger partial charge in [0.1, 0.15) is 5.75 Å². The summed E-state index contributed by atoms with van der Waals surface area (Å²) >= 11 is 5.93. The monoisotopic (exact) mass is 198 g/mol. The first-order valence-corrected chi connectivity index (χ1v) is 5.07. The maximum absolute atomic E-state index is 9.79. The average Bonchev–Trinajstić information content (AvgIpc) is 2.11. The van der Waals surface area contributed by atoms with Gasteiger partial charge in [0.05, 0.1) is 0 Å². The van der Waals surface area contributed by atoms with Gasteiger partial charge in [-0.1, -0.05) is 31.9 Å². The molecule has 1 N–H and O–H groups in total. The first kappa shape index (κ1) is 10.4. The molecule has 0 saturated heterocycles. The van der Waals surface area contributed by atoms with Gasteiger partial charge in [0.2, 0.25) is 0 Å². The number of phenols is 1. The number of hydrogen-bond acceptors (Lipinski definition) is 1. The molecule has 1 rings (SSSR count). The van der Waals surface area contributed by atoms with Crippen LogP contribution in [0, 0.1) is 0 Å². The second-order valence-electron chi connectivity index (χ2n) is 3.18. The molecule has 0 unspecified atom stereocenters. The third-order valence-corrected chi connectivity index (χ3v) is 2.35. The SMILES string of the molecule is CCCc1cc(Cl)cc(CC)c1O. The van der Waals surface area contributed by atoms with E-state index in [0.717, 1.165) is 35.4 Å². The van der Waals surface area contributed by atoms with E-state index in [1.54, 1.807) is 0 Å². The molecule has 0 aliphatic carbocycles. The maximum Gasteiger partial charge on any atom is 0.122 e. The van der Waals surface area contributed by atoms with Crippen LogP contribution in [0.2, 0.25) is 5.02 Å². The first-order chi connectivity index (χ1) is 6.19. The molecule has 0 saturated carbocycles. The Morgan fingerprint density at radius 2 is 1.85 bits per heavy atom. The molecule has 0 amide bonds. The van der Waals surface area contributed by atoms with Crippen LogP contribution in [-0.2, 0) is 12.8 Å². The van der Waals surface area contributed by atoms with Crippen LogP contribution in [0.1, 0.15) is 31.4 Å². The molecule has 13 heavy (non-hydrogen) atoms. The van der Waals surface area contributed by atoms with E-state index in [0.29, 0.717) is 5.75 Å².